The maximum Gasteiger partial charge on any atom is 0.260 e. The number of benzene rings is 2. The number of carbonyl (C=O) groups is 2. The Morgan fingerprint density at radius 3 is 2.27 bits per heavy atom. The highest BCUT2D eigenvalue weighted by atomic mass is 35.5. The summed E-state index contributed by atoms with van der Waals surface area (Å²) in [4.78, 5) is 29.8. The molecule has 2 aromatic carbocycles. The van der Waals surface area contributed by atoms with Crippen molar-refractivity contribution in [1.29, 1.82) is 0 Å². The van der Waals surface area contributed by atoms with E-state index in [9.17, 15) is 14.0 Å². The lowest BCUT2D eigenvalue weighted by molar-refractivity contribution is -0.121. The van der Waals surface area contributed by atoms with E-state index in [1.165, 1.54) is 12.1 Å². The number of hydrogen-bond acceptors (Lipinski definition) is 5. The highest BCUT2D eigenvalue weighted by molar-refractivity contribution is 6.30. The molecule has 3 heterocycles. The fraction of sp³-hybridized carbons (Fsp3) is 0.238. The van der Waals surface area contributed by atoms with Crippen LogP contribution in [0.2, 0.25) is 5.02 Å². The van der Waals surface area contributed by atoms with Gasteiger partial charge in [0.25, 0.3) is 5.95 Å². The molecule has 7 nitrogen and oxygen atoms in total. The zero-order chi connectivity index (χ0) is 20.8. The Hall–Kier alpha value is -3.26. The molecule has 2 atom stereocenters. The number of hydrogen-bond donors (Lipinski definition) is 1. The normalized spacial score (nSPS) is 20.9. The first kappa shape index (κ1) is 18.7. The summed E-state index contributed by atoms with van der Waals surface area (Å²) >= 11 is 6.02. The Morgan fingerprint density at radius 1 is 0.967 bits per heavy atom. The van der Waals surface area contributed by atoms with Gasteiger partial charge >= 0.3 is 0 Å². The monoisotopic (exact) mass is 425 g/mol. The molecule has 2 aliphatic rings. The number of rotatable bonds is 3. The van der Waals surface area contributed by atoms with Gasteiger partial charge in [-0.2, -0.15) is 4.98 Å². The average Bonchev–Trinajstić information content (AvgIpc) is 3.30. The molecule has 30 heavy (non-hydrogen) atoms. The smallest absolute Gasteiger partial charge is 0.260 e. The fourth-order valence-electron chi connectivity index (χ4n) is 3.94. The second-order valence-corrected chi connectivity index (χ2v) is 7.79. The predicted octanol–water partition coefficient (Wildman–Crippen LogP) is 3.87. The number of nitrogens with one attached hydrogen (secondary N) is 1. The first-order valence-corrected chi connectivity index (χ1v) is 9.97. The molecule has 152 valence electrons. The Kier molecular flexibility index (Phi) is 4.51. The summed E-state index contributed by atoms with van der Waals surface area (Å²) in [6.07, 6.45) is 0.931. The summed E-state index contributed by atoms with van der Waals surface area (Å²) in [5, 5.41) is 8.45. The third-order valence-electron chi connectivity index (χ3n) is 5.46. The number of nitrogens with zero attached hydrogens (tertiary/aromatic N) is 4. The molecule has 1 N–H and O–H groups in total. The molecule has 0 bridgehead atoms. The highest BCUT2D eigenvalue weighted by Crippen LogP contribution is 2.39. The molecule has 0 radical (unpaired) electrons. The molecular weight excluding hydrogens is 409 g/mol. The van der Waals surface area contributed by atoms with Crippen LogP contribution in [0.15, 0.2) is 48.5 Å². The minimum absolute atomic E-state index is 0.0638. The number of amides is 2. The quantitative estimate of drug-likeness (QED) is 0.644. The predicted molar refractivity (Wildman–Crippen MR) is 109 cm³/mol. The fourth-order valence-corrected chi connectivity index (χ4v) is 4.06. The van der Waals surface area contributed by atoms with Crippen LogP contribution >= 0.6 is 11.6 Å². The van der Waals surface area contributed by atoms with Gasteiger partial charge in [0.2, 0.25) is 17.8 Å². The third-order valence-corrected chi connectivity index (χ3v) is 5.71. The van der Waals surface area contributed by atoms with Crippen LogP contribution in [0.4, 0.5) is 16.3 Å². The summed E-state index contributed by atoms with van der Waals surface area (Å²) in [5.41, 5.74) is 1.87. The van der Waals surface area contributed by atoms with E-state index >= 15 is 0 Å². The number of aromatic nitrogens is 3. The summed E-state index contributed by atoms with van der Waals surface area (Å²) in [6.45, 7) is 0. The third kappa shape index (κ3) is 3.23. The highest BCUT2D eigenvalue weighted by Gasteiger charge is 2.37. The number of imide groups is 1. The largest absolute Gasteiger partial charge is 0.347 e. The Labute approximate surface area is 176 Å². The average molecular weight is 426 g/mol. The standard InChI is InChI=1S/C21H17ClFN5O2/c22-14-5-1-12(2-6-14)16-11-17(13-3-7-15(23)8-4-13)28-20(24-16)25-21(26-28)27-18(29)9-10-19(27)30/h1-8,16-17H,9-11H2,(H,24,25,26)/t16-,17-/m0/s1. The minimum Gasteiger partial charge on any atom is -0.347 e. The van der Waals surface area contributed by atoms with Crippen LogP contribution in [0.3, 0.4) is 0 Å². The van der Waals surface area contributed by atoms with Crippen LogP contribution in [-0.2, 0) is 9.59 Å². The second kappa shape index (κ2) is 7.21. The van der Waals surface area contributed by atoms with Crippen molar-refractivity contribution in [3.8, 4) is 0 Å². The lowest BCUT2D eigenvalue weighted by atomic mass is 9.93. The lowest BCUT2D eigenvalue weighted by Gasteiger charge is -2.31. The minimum atomic E-state index is -0.324. The molecule has 1 fully saturated rings. The van der Waals surface area contributed by atoms with Crippen molar-refractivity contribution in [2.24, 2.45) is 0 Å². The van der Waals surface area contributed by atoms with E-state index in [1.54, 1.807) is 16.8 Å². The molecule has 9 heteroatoms. The first-order valence-electron chi connectivity index (χ1n) is 9.59. The van der Waals surface area contributed by atoms with Crippen LogP contribution in [0.25, 0.3) is 0 Å². The number of fused-ring (bicyclic) bond motifs is 1. The van der Waals surface area contributed by atoms with Crippen molar-refractivity contribution < 1.29 is 14.0 Å². The van der Waals surface area contributed by atoms with E-state index in [-0.39, 0.29) is 48.5 Å². The topological polar surface area (TPSA) is 80.1 Å². The van der Waals surface area contributed by atoms with E-state index in [0.29, 0.717) is 17.4 Å². The van der Waals surface area contributed by atoms with Gasteiger partial charge in [-0.15, -0.1) is 5.10 Å². The van der Waals surface area contributed by atoms with Crippen molar-refractivity contribution in [2.45, 2.75) is 31.3 Å². The van der Waals surface area contributed by atoms with Crippen molar-refractivity contribution in [3.05, 3.63) is 70.5 Å². The summed E-state index contributed by atoms with van der Waals surface area (Å²) in [7, 11) is 0. The van der Waals surface area contributed by atoms with Gasteiger partial charge in [-0.1, -0.05) is 35.9 Å². The van der Waals surface area contributed by atoms with Gasteiger partial charge in [-0.05, 0) is 41.8 Å². The van der Waals surface area contributed by atoms with Gasteiger partial charge in [0.1, 0.15) is 5.82 Å². The van der Waals surface area contributed by atoms with E-state index in [2.05, 4.69) is 15.4 Å². The molecule has 1 aromatic heterocycles. The van der Waals surface area contributed by atoms with Crippen LogP contribution in [-0.4, -0.2) is 26.6 Å². The van der Waals surface area contributed by atoms with Crippen LogP contribution in [0.1, 0.15) is 42.5 Å². The molecule has 0 saturated carbocycles. The van der Waals surface area contributed by atoms with Crippen LogP contribution < -0.4 is 10.2 Å². The Bertz CT molecular complexity index is 1110. The first-order chi connectivity index (χ1) is 14.5. The maximum atomic E-state index is 13.5. The summed E-state index contributed by atoms with van der Waals surface area (Å²) in [5.74, 6) is -0.437. The lowest BCUT2D eigenvalue weighted by Crippen LogP contribution is -2.30. The van der Waals surface area contributed by atoms with Gasteiger partial charge < -0.3 is 5.32 Å². The molecule has 2 aliphatic heterocycles. The molecule has 1 saturated heterocycles. The maximum absolute atomic E-state index is 13.5. The molecule has 0 unspecified atom stereocenters. The Balaban J connectivity index is 1.57. The van der Waals surface area contributed by atoms with Crippen molar-refractivity contribution >= 4 is 35.3 Å². The van der Waals surface area contributed by atoms with Gasteiger partial charge in [0.15, 0.2) is 0 Å². The van der Waals surface area contributed by atoms with Gasteiger partial charge in [0.05, 0.1) is 12.1 Å². The molecule has 0 aliphatic carbocycles. The van der Waals surface area contributed by atoms with Crippen molar-refractivity contribution in [2.75, 3.05) is 10.2 Å². The van der Waals surface area contributed by atoms with E-state index < -0.39 is 0 Å². The van der Waals surface area contributed by atoms with Crippen molar-refractivity contribution in [1.82, 2.24) is 14.8 Å². The molecule has 3 aromatic rings. The van der Waals surface area contributed by atoms with Gasteiger partial charge in [-0.3, -0.25) is 9.59 Å². The zero-order valence-corrected chi connectivity index (χ0v) is 16.5. The van der Waals surface area contributed by atoms with Gasteiger partial charge in [0, 0.05) is 17.9 Å². The van der Waals surface area contributed by atoms with Crippen LogP contribution in [0, 0.1) is 5.82 Å². The second-order valence-electron chi connectivity index (χ2n) is 7.35. The Morgan fingerprint density at radius 2 is 1.60 bits per heavy atom. The number of carbonyl (C=O) groups excluding carboxylic acids is 2. The zero-order valence-electron chi connectivity index (χ0n) is 15.8. The summed E-state index contributed by atoms with van der Waals surface area (Å²) < 4.78 is 15.1. The number of anilines is 2. The SMILES string of the molecule is O=C1CCC(=O)N1c1nc2n(n1)[C@H](c1ccc(F)cc1)C[C@@H](c1ccc(Cl)cc1)N2. The van der Waals surface area contributed by atoms with Crippen LogP contribution in [0.5, 0.6) is 0 Å². The van der Waals surface area contributed by atoms with E-state index in [0.717, 1.165) is 16.0 Å². The van der Waals surface area contributed by atoms with E-state index in [4.69, 9.17) is 11.6 Å². The molecule has 0 spiro atoms. The number of halogens is 2. The van der Waals surface area contributed by atoms with Crippen molar-refractivity contribution in [3.63, 3.8) is 0 Å². The molecule has 2 amide bonds. The van der Waals surface area contributed by atoms with E-state index in [1.807, 2.05) is 24.3 Å². The molecular formula is C21H17ClFN5O2. The van der Waals surface area contributed by atoms with Gasteiger partial charge in [-0.25, -0.2) is 14.0 Å². The summed E-state index contributed by atoms with van der Waals surface area (Å²) in [6, 6.07) is 13.4. The molecule has 5 rings (SSSR count).